The van der Waals surface area contributed by atoms with Crippen LogP contribution in [0.1, 0.15) is 44.2 Å². The van der Waals surface area contributed by atoms with Crippen LogP contribution in [0.15, 0.2) is 27.9 Å². The number of unbranched alkanes of at least 4 members (excludes halogenated alkanes) is 1. The zero-order chi connectivity index (χ0) is 11.8. The quantitative estimate of drug-likeness (QED) is 0.531. The van der Waals surface area contributed by atoms with Crippen molar-refractivity contribution in [2.45, 2.75) is 38.6 Å². The lowest BCUT2D eigenvalue weighted by Crippen LogP contribution is -2.21. The molecule has 16 heavy (non-hydrogen) atoms. The highest BCUT2D eigenvalue weighted by Crippen LogP contribution is 2.28. The van der Waals surface area contributed by atoms with Gasteiger partial charge in [0.1, 0.15) is 0 Å². The Morgan fingerprint density at radius 1 is 1.62 bits per heavy atom. The summed E-state index contributed by atoms with van der Waals surface area (Å²) in [5.74, 6) is 0. The van der Waals surface area contributed by atoms with E-state index in [4.69, 9.17) is 0 Å². The number of nitrogens with one attached hydrogen (secondary N) is 1. The number of halogens is 1. The van der Waals surface area contributed by atoms with Gasteiger partial charge in [-0.25, -0.2) is 0 Å². The van der Waals surface area contributed by atoms with Crippen LogP contribution in [-0.2, 0) is 0 Å². The summed E-state index contributed by atoms with van der Waals surface area (Å²) in [5, 5.41) is 5.85. The van der Waals surface area contributed by atoms with Gasteiger partial charge in [0.05, 0.1) is 3.79 Å². The Bertz CT molecular complexity index is 309. The molecule has 0 aliphatic rings. The van der Waals surface area contributed by atoms with Gasteiger partial charge in [-0.2, -0.15) is 0 Å². The van der Waals surface area contributed by atoms with Crippen LogP contribution < -0.4 is 5.32 Å². The highest BCUT2D eigenvalue weighted by atomic mass is 79.9. The van der Waals surface area contributed by atoms with E-state index in [0.717, 1.165) is 13.0 Å². The van der Waals surface area contributed by atoms with Gasteiger partial charge in [0.25, 0.3) is 0 Å². The highest BCUT2D eigenvalue weighted by molar-refractivity contribution is 9.11. The molecule has 0 fully saturated rings. The molecule has 1 atom stereocenters. The molecule has 1 unspecified atom stereocenters. The van der Waals surface area contributed by atoms with Gasteiger partial charge in [0.15, 0.2) is 0 Å². The van der Waals surface area contributed by atoms with Crippen molar-refractivity contribution < 1.29 is 0 Å². The Morgan fingerprint density at radius 3 is 3.00 bits per heavy atom. The second-order valence-corrected chi connectivity index (χ2v) is 6.20. The zero-order valence-electron chi connectivity index (χ0n) is 9.84. The lowest BCUT2D eigenvalue weighted by atomic mass is 10.0. The average molecular weight is 302 g/mol. The fourth-order valence-electron chi connectivity index (χ4n) is 1.68. The summed E-state index contributed by atoms with van der Waals surface area (Å²) in [6.07, 6.45) is 6.69. The molecule has 0 spiro atoms. The summed E-state index contributed by atoms with van der Waals surface area (Å²) < 4.78 is 1.22. The first-order chi connectivity index (χ1) is 7.77. The van der Waals surface area contributed by atoms with Gasteiger partial charge in [-0.05, 0) is 65.2 Å². The van der Waals surface area contributed by atoms with Crippen LogP contribution in [0.3, 0.4) is 0 Å². The van der Waals surface area contributed by atoms with E-state index < -0.39 is 0 Å². The van der Waals surface area contributed by atoms with Crippen molar-refractivity contribution in [3.63, 3.8) is 0 Å². The molecule has 0 radical (unpaired) electrons. The first kappa shape index (κ1) is 13.9. The fourth-order valence-corrected chi connectivity index (χ4v) is 2.91. The third-order valence-electron chi connectivity index (χ3n) is 2.53. The van der Waals surface area contributed by atoms with E-state index in [0.29, 0.717) is 6.04 Å². The lowest BCUT2D eigenvalue weighted by Gasteiger charge is -2.17. The van der Waals surface area contributed by atoms with E-state index >= 15 is 0 Å². The summed E-state index contributed by atoms with van der Waals surface area (Å²) >= 11 is 5.29. The summed E-state index contributed by atoms with van der Waals surface area (Å²) in [6, 6.07) is 2.73. The molecule has 0 aliphatic heterocycles. The molecule has 0 saturated carbocycles. The van der Waals surface area contributed by atoms with Gasteiger partial charge in [0, 0.05) is 6.04 Å². The summed E-state index contributed by atoms with van der Waals surface area (Å²) in [7, 11) is 0. The normalized spacial score (nSPS) is 12.6. The molecule has 0 aliphatic carbocycles. The minimum atomic E-state index is 0.502. The van der Waals surface area contributed by atoms with E-state index in [9.17, 15) is 0 Å². The minimum absolute atomic E-state index is 0.502. The predicted octanol–water partition coefficient (Wildman–Crippen LogP) is 4.91. The molecule has 1 rings (SSSR count). The second kappa shape index (κ2) is 8.04. The zero-order valence-corrected chi connectivity index (χ0v) is 12.2. The van der Waals surface area contributed by atoms with Gasteiger partial charge in [-0.3, -0.25) is 0 Å². The Kier molecular flexibility index (Phi) is 7.01. The number of hydrogen-bond donors (Lipinski definition) is 1. The summed E-state index contributed by atoms with van der Waals surface area (Å²) in [6.45, 7) is 7.07. The Morgan fingerprint density at radius 2 is 2.44 bits per heavy atom. The van der Waals surface area contributed by atoms with Gasteiger partial charge >= 0.3 is 0 Å². The van der Waals surface area contributed by atoms with Crippen molar-refractivity contribution in [2.24, 2.45) is 0 Å². The van der Waals surface area contributed by atoms with E-state index in [2.05, 4.69) is 46.2 Å². The molecule has 3 heteroatoms. The minimum Gasteiger partial charge on any atom is -0.310 e. The molecule has 0 amide bonds. The Balaban J connectivity index is 2.52. The second-order valence-electron chi connectivity index (χ2n) is 3.91. The van der Waals surface area contributed by atoms with Crippen LogP contribution in [0.25, 0.3) is 0 Å². The number of hydrogen-bond acceptors (Lipinski definition) is 2. The molecule has 1 heterocycles. The Hall–Kier alpha value is -0.120. The lowest BCUT2D eigenvalue weighted by molar-refractivity contribution is 0.487. The van der Waals surface area contributed by atoms with E-state index in [1.165, 1.54) is 28.6 Å². The van der Waals surface area contributed by atoms with Crippen LogP contribution in [-0.4, -0.2) is 6.54 Å². The van der Waals surface area contributed by atoms with Gasteiger partial charge in [-0.1, -0.05) is 13.0 Å². The van der Waals surface area contributed by atoms with Crippen LogP contribution in [0, 0.1) is 0 Å². The topological polar surface area (TPSA) is 12.0 Å². The van der Waals surface area contributed by atoms with Crippen LogP contribution >= 0.6 is 27.3 Å². The average Bonchev–Trinajstić information content (AvgIpc) is 2.70. The van der Waals surface area contributed by atoms with Crippen molar-refractivity contribution in [2.75, 3.05) is 6.54 Å². The smallest absolute Gasteiger partial charge is 0.0701 e. The van der Waals surface area contributed by atoms with Gasteiger partial charge in [-0.15, -0.1) is 17.9 Å². The molecule has 1 aromatic rings. The van der Waals surface area contributed by atoms with Crippen molar-refractivity contribution >= 4 is 27.3 Å². The molecule has 0 saturated heterocycles. The number of thiophene rings is 1. The van der Waals surface area contributed by atoms with Gasteiger partial charge in [0.2, 0.25) is 0 Å². The maximum atomic E-state index is 3.77. The first-order valence-corrected chi connectivity index (χ1v) is 7.53. The highest BCUT2D eigenvalue weighted by Gasteiger charge is 2.11. The van der Waals surface area contributed by atoms with E-state index in [-0.39, 0.29) is 0 Å². The third-order valence-corrected chi connectivity index (χ3v) is 4.05. The predicted molar refractivity (Wildman–Crippen MR) is 77.1 cm³/mol. The molecule has 0 bridgehead atoms. The molecule has 0 aromatic carbocycles. The molecule has 1 nitrogen and oxygen atoms in total. The van der Waals surface area contributed by atoms with Crippen molar-refractivity contribution in [1.82, 2.24) is 5.32 Å². The van der Waals surface area contributed by atoms with Crippen molar-refractivity contribution in [3.05, 3.63) is 33.5 Å². The first-order valence-electron chi connectivity index (χ1n) is 5.86. The molecule has 90 valence electrons. The third kappa shape index (κ3) is 4.81. The van der Waals surface area contributed by atoms with Crippen LogP contribution in [0.5, 0.6) is 0 Å². The van der Waals surface area contributed by atoms with Crippen molar-refractivity contribution in [1.29, 1.82) is 0 Å². The number of allylic oxidation sites excluding steroid dienone is 1. The molecular formula is C13H20BrNS. The maximum Gasteiger partial charge on any atom is 0.0701 e. The fraction of sp³-hybridized carbons (Fsp3) is 0.538. The SMILES string of the molecule is C=CCCCC(NCCC)c1csc(Br)c1. The van der Waals surface area contributed by atoms with Crippen LogP contribution in [0.4, 0.5) is 0 Å². The molecular weight excluding hydrogens is 282 g/mol. The number of rotatable bonds is 8. The maximum absolute atomic E-state index is 3.77. The largest absolute Gasteiger partial charge is 0.310 e. The Labute approximate surface area is 111 Å². The molecule has 1 N–H and O–H groups in total. The molecule has 1 aromatic heterocycles. The van der Waals surface area contributed by atoms with Gasteiger partial charge < -0.3 is 5.32 Å². The van der Waals surface area contributed by atoms with Crippen LogP contribution in [0.2, 0.25) is 0 Å². The monoisotopic (exact) mass is 301 g/mol. The van der Waals surface area contributed by atoms with E-state index in [1.54, 1.807) is 11.3 Å². The van der Waals surface area contributed by atoms with Crippen molar-refractivity contribution in [3.8, 4) is 0 Å². The standard InChI is InChI=1S/C13H20BrNS/c1-3-5-6-7-12(15-8-4-2)11-9-13(14)16-10-11/h3,9-10,12,15H,1,4-8H2,2H3. The summed E-state index contributed by atoms with van der Waals surface area (Å²) in [4.78, 5) is 0. The van der Waals surface area contributed by atoms with E-state index in [1.807, 2.05) is 6.08 Å². The summed E-state index contributed by atoms with van der Waals surface area (Å²) in [5.41, 5.74) is 1.41.